The molecule has 0 bridgehead atoms. The normalized spacial score (nSPS) is 11.6. The van der Waals surface area contributed by atoms with E-state index < -0.39 is 10.0 Å². The molecule has 0 saturated carbocycles. The fourth-order valence-electron chi connectivity index (χ4n) is 2.54. The Hall–Kier alpha value is -2.44. The summed E-state index contributed by atoms with van der Waals surface area (Å²) in [7, 11) is -3.82. The molecular formula is C17H17N3O2S. The first-order valence-corrected chi connectivity index (χ1v) is 8.66. The molecule has 118 valence electrons. The van der Waals surface area contributed by atoms with Gasteiger partial charge < -0.3 is 0 Å². The van der Waals surface area contributed by atoms with Gasteiger partial charge in [-0.05, 0) is 36.6 Å². The van der Waals surface area contributed by atoms with Gasteiger partial charge in [0.15, 0.2) is 0 Å². The van der Waals surface area contributed by atoms with Gasteiger partial charge in [0, 0.05) is 11.1 Å². The summed E-state index contributed by atoms with van der Waals surface area (Å²) in [6.45, 7) is 4.09. The molecule has 0 unspecified atom stereocenters. The maximum Gasteiger partial charge on any atom is 0.238 e. The number of aromatic nitrogens is 2. The second-order valence-corrected chi connectivity index (χ2v) is 7.03. The van der Waals surface area contributed by atoms with Gasteiger partial charge >= 0.3 is 0 Å². The van der Waals surface area contributed by atoms with E-state index in [0.717, 1.165) is 16.7 Å². The van der Waals surface area contributed by atoms with Gasteiger partial charge in [-0.3, -0.25) is 5.10 Å². The Balaban J connectivity index is 2.22. The Labute approximate surface area is 135 Å². The van der Waals surface area contributed by atoms with Crippen LogP contribution >= 0.6 is 0 Å². The van der Waals surface area contributed by atoms with Gasteiger partial charge in [0.2, 0.25) is 10.0 Å². The molecule has 0 atom stereocenters. The highest BCUT2D eigenvalue weighted by Gasteiger charge is 2.19. The molecule has 2 aromatic carbocycles. The zero-order valence-electron chi connectivity index (χ0n) is 12.9. The monoisotopic (exact) mass is 327 g/mol. The van der Waals surface area contributed by atoms with Crippen molar-refractivity contribution in [3.05, 3.63) is 59.8 Å². The molecule has 0 amide bonds. The number of aromatic amines is 1. The SMILES string of the molecule is Cc1ccc(-c2cn[nH]c2-c2ccccc2S(N)(=O)=O)cc1C. The van der Waals surface area contributed by atoms with Crippen LogP contribution in [0.3, 0.4) is 0 Å². The van der Waals surface area contributed by atoms with E-state index in [4.69, 9.17) is 5.14 Å². The maximum absolute atomic E-state index is 11.8. The van der Waals surface area contributed by atoms with E-state index >= 15 is 0 Å². The molecule has 1 heterocycles. The number of sulfonamides is 1. The van der Waals surface area contributed by atoms with E-state index in [-0.39, 0.29) is 4.90 Å². The molecule has 3 rings (SSSR count). The summed E-state index contributed by atoms with van der Waals surface area (Å²) in [6, 6.07) is 12.7. The summed E-state index contributed by atoms with van der Waals surface area (Å²) < 4.78 is 23.7. The number of primary sulfonamides is 1. The average molecular weight is 327 g/mol. The lowest BCUT2D eigenvalue weighted by Gasteiger charge is -2.09. The Morgan fingerprint density at radius 1 is 1.00 bits per heavy atom. The number of rotatable bonds is 3. The molecular weight excluding hydrogens is 310 g/mol. The topological polar surface area (TPSA) is 88.8 Å². The van der Waals surface area contributed by atoms with Crippen molar-refractivity contribution in [2.24, 2.45) is 5.14 Å². The van der Waals surface area contributed by atoms with E-state index in [1.807, 2.05) is 26.0 Å². The molecule has 0 spiro atoms. The summed E-state index contributed by atoms with van der Waals surface area (Å²) >= 11 is 0. The summed E-state index contributed by atoms with van der Waals surface area (Å²) in [5, 5.41) is 12.3. The third-order valence-electron chi connectivity index (χ3n) is 3.92. The van der Waals surface area contributed by atoms with Crippen molar-refractivity contribution in [2.45, 2.75) is 18.7 Å². The minimum Gasteiger partial charge on any atom is -0.277 e. The maximum atomic E-state index is 11.8. The van der Waals surface area contributed by atoms with Crippen LogP contribution in [-0.4, -0.2) is 18.6 Å². The first kappa shape index (κ1) is 15.5. The molecule has 0 saturated heterocycles. The Morgan fingerprint density at radius 2 is 1.74 bits per heavy atom. The van der Waals surface area contributed by atoms with E-state index in [0.29, 0.717) is 11.3 Å². The summed E-state index contributed by atoms with van der Waals surface area (Å²) in [5.74, 6) is 0. The molecule has 3 aromatic rings. The largest absolute Gasteiger partial charge is 0.277 e. The van der Waals surface area contributed by atoms with Crippen molar-refractivity contribution in [3.8, 4) is 22.4 Å². The first-order valence-electron chi connectivity index (χ1n) is 7.11. The van der Waals surface area contributed by atoms with Crippen LogP contribution in [0.4, 0.5) is 0 Å². The van der Waals surface area contributed by atoms with Crippen LogP contribution in [0.15, 0.2) is 53.6 Å². The lowest BCUT2D eigenvalue weighted by Crippen LogP contribution is -2.13. The molecule has 5 nitrogen and oxygen atoms in total. The van der Waals surface area contributed by atoms with Gasteiger partial charge in [0.25, 0.3) is 0 Å². The van der Waals surface area contributed by atoms with Gasteiger partial charge in [0.05, 0.1) is 16.8 Å². The third kappa shape index (κ3) is 2.91. The highest BCUT2D eigenvalue weighted by Crippen LogP contribution is 2.34. The predicted molar refractivity (Wildman–Crippen MR) is 90.3 cm³/mol. The fourth-order valence-corrected chi connectivity index (χ4v) is 3.29. The van der Waals surface area contributed by atoms with Gasteiger partial charge in [-0.1, -0.05) is 36.4 Å². The van der Waals surface area contributed by atoms with E-state index in [1.165, 1.54) is 11.6 Å². The van der Waals surface area contributed by atoms with Crippen LogP contribution in [0, 0.1) is 13.8 Å². The molecule has 23 heavy (non-hydrogen) atoms. The van der Waals surface area contributed by atoms with Gasteiger partial charge in [0.1, 0.15) is 0 Å². The molecule has 6 heteroatoms. The first-order chi connectivity index (χ1) is 10.9. The highest BCUT2D eigenvalue weighted by atomic mass is 32.2. The summed E-state index contributed by atoms with van der Waals surface area (Å²) in [4.78, 5) is 0.0781. The van der Waals surface area contributed by atoms with Crippen LogP contribution in [0.25, 0.3) is 22.4 Å². The van der Waals surface area contributed by atoms with Gasteiger partial charge in [-0.2, -0.15) is 5.10 Å². The molecule has 1 aromatic heterocycles. The Kier molecular flexibility index (Phi) is 3.79. The lowest BCUT2D eigenvalue weighted by molar-refractivity contribution is 0.598. The predicted octanol–water partition coefficient (Wildman–Crippen LogP) is 3.01. The van der Waals surface area contributed by atoms with Crippen LogP contribution in [0.2, 0.25) is 0 Å². The number of nitrogens with zero attached hydrogens (tertiary/aromatic N) is 1. The molecule has 0 fully saturated rings. The zero-order valence-corrected chi connectivity index (χ0v) is 13.7. The fraction of sp³-hybridized carbons (Fsp3) is 0.118. The van der Waals surface area contributed by atoms with E-state index in [1.54, 1.807) is 24.4 Å². The van der Waals surface area contributed by atoms with Crippen LogP contribution < -0.4 is 5.14 Å². The molecule has 3 N–H and O–H groups in total. The van der Waals surface area contributed by atoms with Crippen LogP contribution in [0.1, 0.15) is 11.1 Å². The van der Waals surface area contributed by atoms with Crippen LogP contribution in [-0.2, 0) is 10.0 Å². The number of hydrogen-bond acceptors (Lipinski definition) is 3. The second kappa shape index (κ2) is 5.64. The van der Waals surface area contributed by atoms with Crippen molar-refractivity contribution >= 4 is 10.0 Å². The van der Waals surface area contributed by atoms with Crippen LogP contribution in [0.5, 0.6) is 0 Å². The van der Waals surface area contributed by atoms with Crippen molar-refractivity contribution in [3.63, 3.8) is 0 Å². The highest BCUT2D eigenvalue weighted by molar-refractivity contribution is 7.89. The second-order valence-electron chi connectivity index (χ2n) is 5.50. The number of aryl methyl sites for hydroxylation is 2. The Bertz CT molecular complexity index is 975. The number of benzene rings is 2. The van der Waals surface area contributed by atoms with Gasteiger partial charge in [-0.25, -0.2) is 13.6 Å². The van der Waals surface area contributed by atoms with Crippen molar-refractivity contribution in [1.82, 2.24) is 10.2 Å². The molecule has 0 aliphatic rings. The van der Waals surface area contributed by atoms with Gasteiger partial charge in [-0.15, -0.1) is 0 Å². The smallest absolute Gasteiger partial charge is 0.238 e. The van der Waals surface area contributed by atoms with Crippen molar-refractivity contribution < 1.29 is 8.42 Å². The molecule has 0 radical (unpaired) electrons. The lowest BCUT2D eigenvalue weighted by atomic mass is 9.98. The standard InChI is InChI=1S/C17H17N3O2S/c1-11-7-8-13(9-12(11)2)15-10-19-20-17(15)14-5-3-4-6-16(14)23(18,21)22/h3-10H,1-2H3,(H,19,20)(H2,18,21,22). The minimum absolute atomic E-state index is 0.0781. The van der Waals surface area contributed by atoms with Crippen molar-refractivity contribution in [1.29, 1.82) is 0 Å². The number of H-pyrrole nitrogens is 1. The van der Waals surface area contributed by atoms with Crippen molar-refractivity contribution in [2.75, 3.05) is 0 Å². The molecule has 0 aliphatic heterocycles. The minimum atomic E-state index is -3.82. The number of nitrogens with two attached hydrogens (primary N) is 1. The van der Waals surface area contributed by atoms with E-state index in [2.05, 4.69) is 16.3 Å². The quantitative estimate of drug-likeness (QED) is 0.775. The number of hydrogen-bond donors (Lipinski definition) is 2. The average Bonchev–Trinajstić information content (AvgIpc) is 2.98. The summed E-state index contributed by atoms with van der Waals surface area (Å²) in [5.41, 5.74) is 5.32. The van der Waals surface area contributed by atoms with E-state index in [9.17, 15) is 8.42 Å². The summed E-state index contributed by atoms with van der Waals surface area (Å²) in [6.07, 6.45) is 1.69. The number of nitrogens with one attached hydrogen (secondary N) is 1. The Morgan fingerprint density at radius 3 is 2.43 bits per heavy atom. The zero-order chi connectivity index (χ0) is 16.6. The third-order valence-corrected chi connectivity index (χ3v) is 4.89. The molecule has 0 aliphatic carbocycles.